The molecular weight excluding hydrogens is 286 g/mol. The Hall–Kier alpha value is -1.80. The van der Waals surface area contributed by atoms with Crippen molar-refractivity contribution in [3.63, 3.8) is 0 Å². The van der Waals surface area contributed by atoms with Crippen molar-refractivity contribution in [1.82, 2.24) is 0 Å². The first-order valence-corrected chi connectivity index (χ1v) is 7.60. The molecular formula is C12H15NO6S. The third kappa shape index (κ3) is 3.20. The van der Waals surface area contributed by atoms with Crippen molar-refractivity contribution in [3.8, 4) is 5.75 Å². The number of carboxylic acids is 1. The summed E-state index contributed by atoms with van der Waals surface area (Å²) in [5.41, 5.74) is -0.141. The van der Waals surface area contributed by atoms with Crippen LogP contribution in [0.1, 0.15) is 23.2 Å². The molecule has 0 unspecified atom stereocenters. The Kier molecular flexibility index (Phi) is 4.15. The number of phenols is 1. The number of aromatic hydroxyl groups is 1. The molecule has 1 fully saturated rings. The molecule has 1 aliphatic heterocycles. The predicted molar refractivity (Wildman–Crippen MR) is 71.4 cm³/mol. The van der Waals surface area contributed by atoms with Gasteiger partial charge in [-0.3, -0.25) is 4.72 Å². The zero-order chi connectivity index (χ0) is 14.8. The lowest BCUT2D eigenvalue weighted by Crippen LogP contribution is -2.33. The number of hydrogen-bond donors (Lipinski definition) is 3. The van der Waals surface area contributed by atoms with Gasteiger partial charge in [-0.25, -0.2) is 13.2 Å². The molecule has 1 heterocycles. The van der Waals surface area contributed by atoms with Crippen LogP contribution < -0.4 is 4.72 Å². The van der Waals surface area contributed by atoms with E-state index in [9.17, 15) is 18.3 Å². The van der Waals surface area contributed by atoms with E-state index in [-0.39, 0.29) is 11.3 Å². The van der Waals surface area contributed by atoms with Crippen LogP contribution in [-0.4, -0.2) is 43.1 Å². The number of carbonyl (C=O) groups is 1. The van der Waals surface area contributed by atoms with Gasteiger partial charge in [0.1, 0.15) is 11.3 Å². The van der Waals surface area contributed by atoms with E-state index in [1.54, 1.807) is 0 Å². The van der Waals surface area contributed by atoms with Crippen LogP contribution in [0.2, 0.25) is 0 Å². The van der Waals surface area contributed by atoms with E-state index in [2.05, 4.69) is 4.72 Å². The molecule has 0 radical (unpaired) electrons. The fourth-order valence-electron chi connectivity index (χ4n) is 2.01. The summed E-state index contributed by atoms with van der Waals surface area (Å²) in [6, 6.07) is 3.54. The maximum absolute atomic E-state index is 12.1. The first-order valence-electron chi connectivity index (χ1n) is 6.06. The van der Waals surface area contributed by atoms with Crippen LogP contribution in [0, 0.1) is 0 Å². The standard InChI is InChI=1S/C12H15NO6S/c14-11-7-8(1-2-10(11)12(15)16)13-20(17,18)9-3-5-19-6-4-9/h1-2,7,9,13-14H,3-6H2,(H,15,16). The number of rotatable bonds is 4. The minimum absolute atomic E-state index is 0.138. The Morgan fingerprint density at radius 2 is 1.95 bits per heavy atom. The van der Waals surface area contributed by atoms with Crippen molar-refractivity contribution in [1.29, 1.82) is 0 Å². The molecule has 1 saturated heterocycles. The molecule has 3 N–H and O–H groups in total. The second-order valence-corrected chi connectivity index (χ2v) is 6.46. The van der Waals surface area contributed by atoms with E-state index in [4.69, 9.17) is 9.84 Å². The highest BCUT2D eigenvalue weighted by molar-refractivity contribution is 7.93. The van der Waals surface area contributed by atoms with Crippen LogP contribution >= 0.6 is 0 Å². The van der Waals surface area contributed by atoms with Gasteiger partial charge in [-0.05, 0) is 25.0 Å². The van der Waals surface area contributed by atoms with Gasteiger partial charge in [0.25, 0.3) is 0 Å². The first-order chi connectivity index (χ1) is 9.40. The van der Waals surface area contributed by atoms with Gasteiger partial charge in [0.15, 0.2) is 0 Å². The summed E-state index contributed by atoms with van der Waals surface area (Å²) >= 11 is 0. The van der Waals surface area contributed by atoms with Gasteiger partial charge in [0, 0.05) is 19.3 Å². The Morgan fingerprint density at radius 1 is 1.30 bits per heavy atom. The molecule has 0 spiro atoms. The van der Waals surface area contributed by atoms with Crippen LogP contribution in [-0.2, 0) is 14.8 Å². The molecule has 0 aromatic heterocycles. The number of sulfonamides is 1. The van der Waals surface area contributed by atoms with Gasteiger partial charge in [0.2, 0.25) is 10.0 Å². The number of aromatic carboxylic acids is 1. The number of anilines is 1. The molecule has 2 rings (SSSR count). The molecule has 110 valence electrons. The van der Waals surface area contributed by atoms with Crippen molar-refractivity contribution in [2.75, 3.05) is 17.9 Å². The first kappa shape index (κ1) is 14.6. The minimum atomic E-state index is -3.57. The fourth-order valence-corrected chi connectivity index (χ4v) is 3.45. The fraction of sp³-hybridized carbons (Fsp3) is 0.417. The molecule has 0 aliphatic carbocycles. The lowest BCUT2D eigenvalue weighted by atomic mass is 10.2. The number of carboxylic acid groups (broad SMARTS) is 1. The molecule has 20 heavy (non-hydrogen) atoms. The average Bonchev–Trinajstić information content (AvgIpc) is 2.39. The third-order valence-corrected chi connectivity index (χ3v) is 4.96. The van der Waals surface area contributed by atoms with E-state index < -0.39 is 27.0 Å². The maximum atomic E-state index is 12.1. The van der Waals surface area contributed by atoms with Crippen LogP contribution in [0.25, 0.3) is 0 Å². The zero-order valence-corrected chi connectivity index (χ0v) is 11.4. The van der Waals surface area contributed by atoms with E-state index in [0.717, 1.165) is 12.1 Å². The Labute approximate surface area is 116 Å². The number of ether oxygens (including phenoxy) is 1. The zero-order valence-electron chi connectivity index (χ0n) is 10.6. The Bertz CT molecular complexity index is 606. The van der Waals surface area contributed by atoms with Gasteiger partial charge < -0.3 is 14.9 Å². The van der Waals surface area contributed by atoms with Crippen molar-refractivity contribution in [2.24, 2.45) is 0 Å². The van der Waals surface area contributed by atoms with E-state index in [1.807, 2.05) is 0 Å². The van der Waals surface area contributed by atoms with Crippen molar-refractivity contribution in [3.05, 3.63) is 23.8 Å². The molecule has 0 atom stereocenters. The average molecular weight is 301 g/mol. The number of nitrogens with one attached hydrogen (secondary N) is 1. The van der Waals surface area contributed by atoms with Gasteiger partial charge in [-0.1, -0.05) is 0 Å². The Balaban J connectivity index is 2.17. The second kappa shape index (κ2) is 5.68. The molecule has 8 heteroatoms. The van der Waals surface area contributed by atoms with Crippen LogP contribution in [0.5, 0.6) is 5.75 Å². The number of benzene rings is 1. The highest BCUT2D eigenvalue weighted by Crippen LogP contribution is 2.25. The lowest BCUT2D eigenvalue weighted by Gasteiger charge is -2.22. The summed E-state index contributed by atoms with van der Waals surface area (Å²) in [5, 5.41) is 17.8. The largest absolute Gasteiger partial charge is 0.507 e. The summed E-state index contributed by atoms with van der Waals surface area (Å²) < 4.78 is 31.7. The quantitative estimate of drug-likeness (QED) is 0.765. The monoisotopic (exact) mass is 301 g/mol. The minimum Gasteiger partial charge on any atom is -0.507 e. The van der Waals surface area contributed by atoms with Crippen LogP contribution in [0.3, 0.4) is 0 Å². The summed E-state index contributed by atoms with van der Waals surface area (Å²) in [7, 11) is -3.57. The Morgan fingerprint density at radius 3 is 2.50 bits per heavy atom. The van der Waals surface area contributed by atoms with Gasteiger partial charge in [0.05, 0.1) is 10.9 Å². The van der Waals surface area contributed by atoms with Gasteiger partial charge in [-0.15, -0.1) is 0 Å². The molecule has 0 bridgehead atoms. The van der Waals surface area contributed by atoms with E-state index >= 15 is 0 Å². The summed E-state index contributed by atoms with van der Waals surface area (Å²) in [6.45, 7) is 0.795. The number of hydrogen-bond acceptors (Lipinski definition) is 5. The highest BCUT2D eigenvalue weighted by Gasteiger charge is 2.27. The highest BCUT2D eigenvalue weighted by atomic mass is 32.2. The van der Waals surface area contributed by atoms with E-state index in [0.29, 0.717) is 26.1 Å². The molecule has 1 aliphatic rings. The summed E-state index contributed by atoms with van der Waals surface area (Å²) in [5.74, 6) is -1.76. The second-order valence-electron chi connectivity index (χ2n) is 4.50. The normalized spacial score (nSPS) is 16.8. The summed E-state index contributed by atoms with van der Waals surface area (Å²) in [4.78, 5) is 10.8. The van der Waals surface area contributed by atoms with Crippen molar-refractivity contribution >= 4 is 21.7 Å². The predicted octanol–water partition coefficient (Wildman–Crippen LogP) is 1.01. The van der Waals surface area contributed by atoms with Crippen molar-refractivity contribution < 1.29 is 28.2 Å². The molecule has 0 saturated carbocycles. The topological polar surface area (TPSA) is 113 Å². The summed E-state index contributed by atoms with van der Waals surface area (Å²) in [6.07, 6.45) is 0.822. The molecule has 7 nitrogen and oxygen atoms in total. The maximum Gasteiger partial charge on any atom is 0.339 e. The molecule has 1 aromatic rings. The van der Waals surface area contributed by atoms with Crippen LogP contribution in [0.4, 0.5) is 5.69 Å². The smallest absolute Gasteiger partial charge is 0.339 e. The van der Waals surface area contributed by atoms with Crippen molar-refractivity contribution in [2.45, 2.75) is 18.1 Å². The third-order valence-electron chi connectivity index (χ3n) is 3.10. The van der Waals surface area contributed by atoms with Gasteiger partial charge >= 0.3 is 5.97 Å². The van der Waals surface area contributed by atoms with Gasteiger partial charge in [-0.2, -0.15) is 0 Å². The molecule has 1 aromatic carbocycles. The van der Waals surface area contributed by atoms with Crippen LogP contribution in [0.15, 0.2) is 18.2 Å². The lowest BCUT2D eigenvalue weighted by molar-refractivity contribution is 0.0693. The molecule has 0 amide bonds. The van der Waals surface area contributed by atoms with E-state index in [1.165, 1.54) is 6.07 Å². The SMILES string of the molecule is O=C(O)c1ccc(NS(=O)(=O)C2CCOCC2)cc1O.